The van der Waals surface area contributed by atoms with Gasteiger partial charge in [-0.25, -0.2) is 0 Å². The molecule has 0 unspecified atom stereocenters. The van der Waals surface area contributed by atoms with Crippen molar-refractivity contribution in [2.45, 2.75) is 122 Å². The van der Waals surface area contributed by atoms with Crippen molar-refractivity contribution in [3.05, 3.63) is 173 Å². The molecule has 0 saturated heterocycles. The van der Waals surface area contributed by atoms with Gasteiger partial charge in [-0.3, -0.25) is 9.80 Å². The van der Waals surface area contributed by atoms with Crippen LogP contribution in [-0.4, -0.2) is 44.5 Å². The fraction of sp³-hybridized carbons (Fsp3) is 0.333. The van der Waals surface area contributed by atoms with E-state index < -0.39 is 0 Å². The van der Waals surface area contributed by atoms with Crippen LogP contribution >= 0.6 is 0 Å². The van der Waals surface area contributed by atoms with Crippen LogP contribution in [0.4, 0.5) is 0 Å². The van der Waals surface area contributed by atoms with E-state index in [0.717, 1.165) is 33.4 Å². The first kappa shape index (κ1) is 53.4. The topological polar surface area (TPSA) is 145 Å². The summed E-state index contributed by atoms with van der Waals surface area (Å²) in [5.74, 6) is 0.0897. The van der Waals surface area contributed by atoms with Crippen molar-refractivity contribution in [3.63, 3.8) is 0 Å². The van der Waals surface area contributed by atoms with Crippen LogP contribution in [0.5, 0.6) is 34.5 Å². The number of benzene rings is 6. The zero-order valence-corrected chi connectivity index (χ0v) is 42.0. The van der Waals surface area contributed by atoms with Gasteiger partial charge in [-0.2, -0.15) is 0 Å². The molecule has 0 aromatic heterocycles. The number of nitrogens with zero attached hydrogens (tertiary/aromatic N) is 2. The average Bonchev–Trinajstić information content (AvgIpc) is 3.17. The molecule has 0 aliphatic carbocycles. The van der Waals surface area contributed by atoms with Gasteiger partial charge in [-0.15, -0.1) is 34.5 Å². The number of hydrogen-bond acceptors (Lipinski definition) is 8. The van der Waals surface area contributed by atoms with Gasteiger partial charge in [0.25, 0.3) is 0 Å². The second-order valence-corrected chi connectivity index (χ2v) is 17.7. The van der Waals surface area contributed by atoms with Gasteiger partial charge in [-0.1, -0.05) is 140 Å². The fourth-order valence-electron chi connectivity index (χ4n) is 8.74. The first-order chi connectivity index (χ1) is 29.1. The van der Waals surface area contributed by atoms with Gasteiger partial charge in [0.2, 0.25) is 0 Å². The first-order valence-electron chi connectivity index (χ1n) is 21.2. The van der Waals surface area contributed by atoms with E-state index in [2.05, 4.69) is 0 Å². The smallest absolute Gasteiger partial charge is 0.872 e. The van der Waals surface area contributed by atoms with Gasteiger partial charge < -0.3 is 30.6 Å². The Morgan fingerprint density at radius 2 is 0.375 bits per heavy atom. The molecule has 0 spiro atoms. The standard InChI is InChI=1S/2C27H33NO3.2Al/c2*1-16-7-19(4)25(29)22(10-16)13-28(14-23-11-17(2)8-20(5)26(23)30)15-24-12-18(3)9-21(6)27(24)31;;/h2*7-12,29-31H,13-15H2,1-6H3;;/q;;2*+3/p-6. The molecule has 6 rings (SSSR count). The molecule has 0 heterocycles. The maximum absolute atomic E-state index is 12.8. The van der Waals surface area contributed by atoms with Crippen molar-refractivity contribution < 1.29 is 30.6 Å². The number of aryl methyl sites for hydroxylation is 12. The molecule has 64 heavy (non-hydrogen) atoms. The second-order valence-electron chi connectivity index (χ2n) is 17.7. The van der Waals surface area contributed by atoms with Crippen LogP contribution in [-0.2, 0) is 39.3 Å². The molecule has 0 aliphatic heterocycles. The van der Waals surface area contributed by atoms with Crippen molar-refractivity contribution in [1.82, 2.24) is 9.80 Å². The average molecular weight is 887 g/mol. The summed E-state index contributed by atoms with van der Waals surface area (Å²) in [6, 6.07) is 22.7. The molecular weight excluding hydrogens is 827 g/mol. The third kappa shape index (κ3) is 13.6. The van der Waals surface area contributed by atoms with Crippen LogP contribution in [0.3, 0.4) is 0 Å². The van der Waals surface area contributed by atoms with E-state index in [1.807, 2.05) is 166 Å². The molecule has 0 amide bonds. The Hall–Kier alpha value is -4.90. The van der Waals surface area contributed by atoms with Crippen molar-refractivity contribution >= 4 is 34.7 Å². The fourth-order valence-corrected chi connectivity index (χ4v) is 8.74. The summed E-state index contributed by atoms with van der Waals surface area (Å²) in [5, 5.41) is 76.6. The van der Waals surface area contributed by atoms with Crippen LogP contribution in [0.2, 0.25) is 0 Å². The molecule has 6 aromatic carbocycles. The molecule has 0 aliphatic rings. The Balaban J connectivity index is 0.000000330. The van der Waals surface area contributed by atoms with Crippen molar-refractivity contribution in [2.24, 2.45) is 0 Å². The molecule has 0 fully saturated rings. The Morgan fingerprint density at radius 3 is 0.500 bits per heavy atom. The van der Waals surface area contributed by atoms with E-state index in [4.69, 9.17) is 0 Å². The van der Waals surface area contributed by atoms with Gasteiger partial charge in [0.15, 0.2) is 0 Å². The third-order valence-corrected chi connectivity index (χ3v) is 11.3. The molecule has 0 atom stereocenters. The van der Waals surface area contributed by atoms with E-state index in [9.17, 15) is 30.6 Å². The minimum atomic E-state index is 0. The Kier molecular flexibility index (Phi) is 19.1. The zero-order valence-electron chi connectivity index (χ0n) is 39.7. The van der Waals surface area contributed by atoms with Gasteiger partial charge in [-0.05, 0) is 116 Å². The largest absolute Gasteiger partial charge is 3.00 e. The Morgan fingerprint density at radius 1 is 0.250 bits per heavy atom. The SMILES string of the molecule is Cc1cc(C)c([O-])c(CN(Cc2cc(C)cc(C)c2[O-])Cc2cc(C)cc(C)c2[O-])c1.Cc1cc(C)c([O-])c(CN(Cc2cc(C)cc(C)c2[O-])Cc2cc(C)cc(C)c2[O-])c1.[Al+3].[Al+3]. The van der Waals surface area contributed by atoms with Crippen LogP contribution in [0.25, 0.3) is 0 Å². The minimum absolute atomic E-state index is 0. The zero-order chi connectivity index (χ0) is 45.7. The molecule has 8 nitrogen and oxygen atoms in total. The normalized spacial score (nSPS) is 11.0. The molecule has 0 N–H and O–H groups in total. The number of rotatable bonds is 12. The van der Waals surface area contributed by atoms with Gasteiger partial charge in [0.05, 0.1) is 0 Å². The van der Waals surface area contributed by atoms with E-state index >= 15 is 0 Å². The van der Waals surface area contributed by atoms with Crippen molar-refractivity contribution in [1.29, 1.82) is 0 Å². The van der Waals surface area contributed by atoms with Crippen molar-refractivity contribution in [2.75, 3.05) is 0 Å². The maximum atomic E-state index is 12.8. The number of hydrogen-bond donors (Lipinski definition) is 0. The van der Waals surface area contributed by atoms with E-state index in [1.165, 1.54) is 0 Å². The summed E-state index contributed by atoms with van der Waals surface area (Å²) in [6.45, 7) is 25.0. The summed E-state index contributed by atoms with van der Waals surface area (Å²) in [6.07, 6.45) is 0. The Bertz CT molecular complexity index is 2140. The predicted molar refractivity (Wildman–Crippen MR) is 250 cm³/mol. The Labute approximate surface area is 402 Å². The second kappa shape index (κ2) is 22.8. The summed E-state index contributed by atoms with van der Waals surface area (Å²) in [5.41, 5.74) is 14.5. The van der Waals surface area contributed by atoms with Gasteiger partial charge in [0, 0.05) is 39.3 Å². The molecular formula is C54H60Al2N2O6. The quantitative estimate of drug-likeness (QED) is 0.118. The first-order valence-corrected chi connectivity index (χ1v) is 21.2. The van der Waals surface area contributed by atoms with E-state index in [1.54, 1.807) is 0 Å². The molecule has 0 bridgehead atoms. The minimum Gasteiger partial charge on any atom is -0.872 e. The third-order valence-electron chi connectivity index (χ3n) is 11.3. The van der Waals surface area contributed by atoms with Crippen LogP contribution < -0.4 is 30.6 Å². The molecule has 328 valence electrons. The van der Waals surface area contributed by atoms with E-state index in [-0.39, 0.29) is 69.2 Å². The van der Waals surface area contributed by atoms with Crippen molar-refractivity contribution in [3.8, 4) is 34.5 Å². The predicted octanol–water partition coefficient (Wildman–Crippen LogP) is 7.16. The molecule has 0 radical (unpaired) electrons. The summed E-state index contributed by atoms with van der Waals surface area (Å²) in [4.78, 5) is 4.06. The van der Waals surface area contributed by atoms with Gasteiger partial charge in [0.1, 0.15) is 0 Å². The van der Waals surface area contributed by atoms with Crippen LogP contribution in [0, 0.1) is 83.1 Å². The summed E-state index contributed by atoms with van der Waals surface area (Å²) < 4.78 is 0. The van der Waals surface area contributed by atoms with Crippen LogP contribution in [0.1, 0.15) is 100 Å². The molecule has 0 saturated carbocycles. The maximum Gasteiger partial charge on any atom is 3.00 e. The summed E-state index contributed by atoms with van der Waals surface area (Å²) >= 11 is 0. The molecule has 6 aromatic rings. The van der Waals surface area contributed by atoms with Gasteiger partial charge >= 0.3 is 34.7 Å². The monoisotopic (exact) mass is 886 g/mol. The molecule has 10 heteroatoms. The summed E-state index contributed by atoms with van der Waals surface area (Å²) in [7, 11) is 0. The van der Waals surface area contributed by atoms with Crippen LogP contribution in [0.15, 0.2) is 72.8 Å². The van der Waals surface area contributed by atoms with E-state index in [0.29, 0.717) is 106 Å².